The summed E-state index contributed by atoms with van der Waals surface area (Å²) in [5.41, 5.74) is 0.542. The topological polar surface area (TPSA) is 77.8 Å². The number of benzene rings is 2. The van der Waals surface area contributed by atoms with Crippen molar-refractivity contribution in [2.24, 2.45) is 0 Å². The average Bonchev–Trinajstić information content (AvgIpc) is 2.41. The minimum Gasteiger partial charge on any atom is -0.508 e. The van der Waals surface area contributed by atoms with Gasteiger partial charge in [0.15, 0.2) is 0 Å². The number of aromatic hydroxyl groups is 2. The number of rotatable bonds is 4. The number of phenolic OH excluding ortho intramolecular Hbond substituents is 2. The maximum Gasteiger partial charge on any atom is 0.206 e. The van der Waals surface area contributed by atoms with E-state index in [9.17, 15) is 18.6 Å². The van der Waals surface area contributed by atoms with Crippen LogP contribution in [0.1, 0.15) is 5.56 Å². The Morgan fingerprint density at radius 2 is 1.52 bits per heavy atom. The predicted octanol–water partition coefficient (Wildman–Crippen LogP) is 1.99. The molecule has 5 nitrogen and oxygen atoms in total. The van der Waals surface area contributed by atoms with Crippen LogP contribution in [0.5, 0.6) is 11.5 Å². The quantitative estimate of drug-likeness (QED) is 0.903. The maximum absolute atomic E-state index is 12.5. The molecule has 0 fully saturated rings. The molecule has 21 heavy (non-hydrogen) atoms. The number of phenols is 2. The maximum atomic E-state index is 12.5. The molecular weight excluding hydrogens is 290 g/mol. The minimum atomic E-state index is -3.67. The zero-order valence-corrected chi connectivity index (χ0v) is 12.6. The van der Waals surface area contributed by atoms with E-state index in [4.69, 9.17) is 0 Å². The molecule has 0 heterocycles. The Balaban J connectivity index is 2.47. The zero-order valence-electron chi connectivity index (χ0n) is 11.8. The molecule has 0 aliphatic rings. The monoisotopic (exact) mass is 307 g/mol. The van der Waals surface area contributed by atoms with Crippen LogP contribution in [0.4, 0.5) is 0 Å². The summed E-state index contributed by atoms with van der Waals surface area (Å²) in [5, 5.41) is 19.0. The van der Waals surface area contributed by atoms with Gasteiger partial charge in [0.05, 0.1) is 9.79 Å². The van der Waals surface area contributed by atoms with Gasteiger partial charge in [0.25, 0.3) is 0 Å². The van der Waals surface area contributed by atoms with Crippen LogP contribution in [0.15, 0.2) is 52.3 Å². The van der Waals surface area contributed by atoms with Crippen molar-refractivity contribution in [1.29, 1.82) is 0 Å². The average molecular weight is 307 g/mol. The van der Waals surface area contributed by atoms with Gasteiger partial charge in [-0.2, -0.15) is 0 Å². The third-order valence-corrected chi connectivity index (χ3v) is 4.76. The molecular formula is C15H17NO4S. The third kappa shape index (κ3) is 3.34. The van der Waals surface area contributed by atoms with E-state index in [0.717, 1.165) is 0 Å². The van der Waals surface area contributed by atoms with Crippen LogP contribution < -0.4 is 0 Å². The van der Waals surface area contributed by atoms with Crippen LogP contribution in [-0.4, -0.2) is 37.6 Å². The van der Waals surface area contributed by atoms with Gasteiger partial charge in [-0.25, -0.2) is 8.42 Å². The molecule has 0 aliphatic heterocycles. The number of nitrogens with zero attached hydrogens (tertiary/aromatic N) is 1. The highest BCUT2D eigenvalue weighted by molar-refractivity contribution is 7.91. The summed E-state index contributed by atoms with van der Waals surface area (Å²) in [6.07, 6.45) is 0. The standard InChI is InChI=1S/C15H17NO4S/c1-16(2)10-11-9-14(7-8-15(11)18)21(19,20)13-5-3-12(17)4-6-13/h3-9,17-18H,10H2,1-2H3. The van der Waals surface area contributed by atoms with Crippen molar-refractivity contribution in [2.75, 3.05) is 14.1 Å². The molecule has 0 unspecified atom stereocenters. The van der Waals surface area contributed by atoms with Gasteiger partial charge < -0.3 is 15.1 Å². The van der Waals surface area contributed by atoms with Gasteiger partial charge in [-0.3, -0.25) is 0 Å². The van der Waals surface area contributed by atoms with Crippen molar-refractivity contribution in [2.45, 2.75) is 16.3 Å². The highest BCUT2D eigenvalue weighted by Gasteiger charge is 2.19. The number of hydrogen-bond donors (Lipinski definition) is 2. The molecule has 2 rings (SSSR count). The summed E-state index contributed by atoms with van der Waals surface area (Å²) in [6, 6.07) is 9.58. The second-order valence-corrected chi connectivity index (χ2v) is 6.98. The molecule has 0 aromatic heterocycles. The first-order valence-corrected chi connectivity index (χ1v) is 7.80. The molecule has 0 spiro atoms. The smallest absolute Gasteiger partial charge is 0.206 e. The van der Waals surface area contributed by atoms with E-state index >= 15 is 0 Å². The lowest BCUT2D eigenvalue weighted by atomic mass is 10.2. The van der Waals surface area contributed by atoms with Crippen LogP contribution >= 0.6 is 0 Å². The van der Waals surface area contributed by atoms with Gasteiger partial charge in [0, 0.05) is 12.1 Å². The third-order valence-electron chi connectivity index (χ3n) is 2.99. The van der Waals surface area contributed by atoms with E-state index < -0.39 is 9.84 Å². The van der Waals surface area contributed by atoms with Crippen LogP contribution in [0.2, 0.25) is 0 Å². The first-order valence-electron chi connectivity index (χ1n) is 6.31. The van der Waals surface area contributed by atoms with Crippen molar-refractivity contribution in [3.63, 3.8) is 0 Å². The van der Waals surface area contributed by atoms with Gasteiger partial charge >= 0.3 is 0 Å². The Hall–Kier alpha value is -2.05. The fourth-order valence-corrected chi connectivity index (χ4v) is 3.27. The summed E-state index contributed by atoms with van der Waals surface area (Å²) < 4.78 is 25.0. The lowest BCUT2D eigenvalue weighted by Crippen LogP contribution is -2.11. The van der Waals surface area contributed by atoms with Gasteiger partial charge in [0.1, 0.15) is 11.5 Å². The van der Waals surface area contributed by atoms with Gasteiger partial charge in [-0.15, -0.1) is 0 Å². The summed E-state index contributed by atoms with van der Waals surface area (Å²) >= 11 is 0. The van der Waals surface area contributed by atoms with Crippen LogP contribution in [0, 0.1) is 0 Å². The van der Waals surface area contributed by atoms with Gasteiger partial charge in [-0.1, -0.05) is 0 Å². The molecule has 2 N–H and O–H groups in total. The highest BCUT2D eigenvalue weighted by atomic mass is 32.2. The summed E-state index contributed by atoms with van der Waals surface area (Å²) in [4.78, 5) is 2.05. The second-order valence-electron chi connectivity index (χ2n) is 5.03. The molecule has 112 valence electrons. The normalized spacial score (nSPS) is 11.8. The fourth-order valence-electron chi connectivity index (χ4n) is 1.96. The van der Waals surface area contributed by atoms with E-state index in [0.29, 0.717) is 12.1 Å². The second kappa shape index (κ2) is 5.75. The lowest BCUT2D eigenvalue weighted by Gasteiger charge is -2.13. The van der Waals surface area contributed by atoms with Gasteiger partial charge in [-0.05, 0) is 56.6 Å². The van der Waals surface area contributed by atoms with E-state index in [2.05, 4.69) is 0 Å². The molecule has 0 saturated carbocycles. The molecule has 0 atom stereocenters. The Morgan fingerprint density at radius 1 is 0.952 bits per heavy atom. The van der Waals surface area contributed by atoms with E-state index in [1.165, 1.54) is 42.5 Å². The number of hydrogen-bond acceptors (Lipinski definition) is 5. The Bertz CT molecular complexity index is 737. The molecule has 0 bridgehead atoms. The first kappa shape index (κ1) is 15.3. The molecule has 6 heteroatoms. The Labute approximate surface area is 124 Å². The molecule has 0 saturated heterocycles. The van der Waals surface area contributed by atoms with Crippen molar-refractivity contribution in [3.05, 3.63) is 48.0 Å². The predicted molar refractivity (Wildman–Crippen MR) is 79.1 cm³/mol. The number of sulfone groups is 1. The van der Waals surface area contributed by atoms with Crippen LogP contribution in [0.3, 0.4) is 0 Å². The van der Waals surface area contributed by atoms with Crippen LogP contribution in [0.25, 0.3) is 0 Å². The molecule has 2 aromatic rings. The molecule has 0 aliphatic carbocycles. The fraction of sp³-hybridized carbons (Fsp3) is 0.200. The lowest BCUT2D eigenvalue weighted by molar-refractivity contribution is 0.385. The first-order chi connectivity index (χ1) is 9.80. The molecule has 0 amide bonds. The largest absolute Gasteiger partial charge is 0.508 e. The van der Waals surface area contributed by atoms with Crippen molar-refractivity contribution < 1.29 is 18.6 Å². The van der Waals surface area contributed by atoms with E-state index in [-0.39, 0.29) is 21.3 Å². The van der Waals surface area contributed by atoms with Crippen molar-refractivity contribution >= 4 is 9.84 Å². The van der Waals surface area contributed by atoms with Crippen molar-refractivity contribution in [3.8, 4) is 11.5 Å². The Kier molecular flexibility index (Phi) is 4.20. The van der Waals surface area contributed by atoms with Crippen molar-refractivity contribution in [1.82, 2.24) is 4.90 Å². The minimum absolute atomic E-state index is 0.00736. The van der Waals surface area contributed by atoms with Gasteiger partial charge in [0.2, 0.25) is 9.84 Å². The van der Waals surface area contributed by atoms with E-state index in [1.807, 2.05) is 19.0 Å². The van der Waals surface area contributed by atoms with Crippen LogP contribution in [-0.2, 0) is 16.4 Å². The highest BCUT2D eigenvalue weighted by Crippen LogP contribution is 2.27. The van der Waals surface area contributed by atoms with E-state index in [1.54, 1.807) is 0 Å². The summed E-state index contributed by atoms with van der Waals surface area (Å²) in [6.45, 7) is 0.435. The SMILES string of the molecule is CN(C)Cc1cc(S(=O)(=O)c2ccc(O)cc2)ccc1O. The summed E-state index contributed by atoms with van der Waals surface area (Å²) in [5.74, 6) is 0.0707. The summed E-state index contributed by atoms with van der Waals surface area (Å²) in [7, 11) is -0.00370. The Morgan fingerprint density at radius 3 is 2.10 bits per heavy atom. The molecule has 2 aromatic carbocycles. The zero-order chi connectivity index (χ0) is 15.6. The molecule has 0 radical (unpaired) electrons.